The number of nitrogen functional groups attached to an aromatic ring is 1. The largest absolute Gasteiger partial charge is 0.479 e. The molecule has 90 valence electrons. The van der Waals surface area contributed by atoms with Crippen LogP contribution in [0, 0.1) is 5.92 Å². The van der Waals surface area contributed by atoms with E-state index in [4.69, 9.17) is 10.5 Å². The summed E-state index contributed by atoms with van der Waals surface area (Å²) in [6, 6.07) is 3.77. The molecule has 0 aromatic carbocycles. The number of methoxy groups -OCH3 is 1. The Bertz CT molecular complexity index is 339. The standard InChI is InChI=1S/C12H21N3O/c1-5-15(8-9(2)3)11-7-6-10(13)12(14-11)16-4/h6-7,9H,5,8,13H2,1-4H3. The summed E-state index contributed by atoms with van der Waals surface area (Å²) in [5, 5.41) is 0. The Hall–Kier alpha value is -1.45. The van der Waals surface area contributed by atoms with Gasteiger partial charge in [0, 0.05) is 13.1 Å². The van der Waals surface area contributed by atoms with Crippen molar-refractivity contribution in [1.29, 1.82) is 0 Å². The molecule has 0 unspecified atom stereocenters. The van der Waals surface area contributed by atoms with Crippen LogP contribution in [0.15, 0.2) is 12.1 Å². The van der Waals surface area contributed by atoms with E-state index in [1.54, 1.807) is 7.11 Å². The molecule has 16 heavy (non-hydrogen) atoms. The molecule has 4 heteroatoms. The number of rotatable bonds is 5. The van der Waals surface area contributed by atoms with Crippen molar-refractivity contribution in [3.8, 4) is 5.88 Å². The Morgan fingerprint density at radius 1 is 1.44 bits per heavy atom. The monoisotopic (exact) mass is 223 g/mol. The van der Waals surface area contributed by atoms with Crippen molar-refractivity contribution < 1.29 is 4.74 Å². The highest BCUT2D eigenvalue weighted by Crippen LogP contribution is 2.23. The van der Waals surface area contributed by atoms with Crippen LogP contribution in [0.25, 0.3) is 0 Å². The fourth-order valence-electron chi connectivity index (χ4n) is 1.61. The number of hydrogen-bond donors (Lipinski definition) is 1. The van der Waals surface area contributed by atoms with Crippen molar-refractivity contribution in [3.05, 3.63) is 12.1 Å². The van der Waals surface area contributed by atoms with Crippen LogP contribution in [-0.2, 0) is 0 Å². The molecule has 0 spiro atoms. The van der Waals surface area contributed by atoms with Gasteiger partial charge in [0.2, 0.25) is 5.88 Å². The van der Waals surface area contributed by atoms with Crippen LogP contribution in [0.4, 0.5) is 11.5 Å². The minimum absolute atomic E-state index is 0.500. The van der Waals surface area contributed by atoms with Crippen LogP contribution in [0.5, 0.6) is 5.88 Å². The Morgan fingerprint density at radius 3 is 2.62 bits per heavy atom. The smallest absolute Gasteiger partial charge is 0.238 e. The maximum absolute atomic E-state index is 5.74. The van der Waals surface area contributed by atoms with E-state index in [-0.39, 0.29) is 0 Å². The predicted molar refractivity (Wildman–Crippen MR) is 67.9 cm³/mol. The SMILES string of the molecule is CCN(CC(C)C)c1ccc(N)c(OC)n1. The van der Waals surface area contributed by atoms with Crippen molar-refractivity contribution in [1.82, 2.24) is 4.98 Å². The molecule has 0 saturated heterocycles. The van der Waals surface area contributed by atoms with Gasteiger partial charge in [-0.2, -0.15) is 4.98 Å². The van der Waals surface area contributed by atoms with E-state index in [0.29, 0.717) is 17.5 Å². The summed E-state index contributed by atoms with van der Waals surface area (Å²) in [6.07, 6.45) is 0. The minimum Gasteiger partial charge on any atom is -0.479 e. The van der Waals surface area contributed by atoms with Gasteiger partial charge in [-0.1, -0.05) is 13.8 Å². The van der Waals surface area contributed by atoms with Crippen LogP contribution >= 0.6 is 0 Å². The molecule has 1 heterocycles. The summed E-state index contributed by atoms with van der Waals surface area (Å²) in [5.74, 6) is 2.02. The average molecular weight is 223 g/mol. The third-order valence-corrected chi connectivity index (χ3v) is 2.36. The summed E-state index contributed by atoms with van der Waals surface area (Å²) in [4.78, 5) is 6.61. The lowest BCUT2D eigenvalue weighted by Crippen LogP contribution is -2.28. The third kappa shape index (κ3) is 3.02. The molecule has 1 aromatic rings. The lowest BCUT2D eigenvalue weighted by Gasteiger charge is -2.24. The van der Waals surface area contributed by atoms with E-state index in [2.05, 4.69) is 30.7 Å². The van der Waals surface area contributed by atoms with Crippen LogP contribution in [0.1, 0.15) is 20.8 Å². The van der Waals surface area contributed by atoms with E-state index in [0.717, 1.165) is 18.9 Å². The van der Waals surface area contributed by atoms with E-state index >= 15 is 0 Å². The summed E-state index contributed by atoms with van der Waals surface area (Å²) in [7, 11) is 1.58. The number of aromatic nitrogens is 1. The Labute approximate surface area is 97.4 Å². The van der Waals surface area contributed by atoms with Gasteiger partial charge < -0.3 is 15.4 Å². The Morgan fingerprint density at radius 2 is 2.12 bits per heavy atom. The van der Waals surface area contributed by atoms with E-state index in [9.17, 15) is 0 Å². The molecule has 0 aliphatic rings. The molecule has 0 amide bonds. The molecule has 0 radical (unpaired) electrons. The minimum atomic E-state index is 0.500. The highest BCUT2D eigenvalue weighted by atomic mass is 16.5. The summed E-state index contributed by atoms with van der Waals surface area (Å²) < 4.78 is 5.12. The molecule has 4 nitrogen and oxygen atoms in total. The van der Waals surface area contributed by atoms with Crippen molar-refractivity contribution >= 4 is 11.5 Å². The lowest BCUT2D eigenvalue weighted by molar-refractivity contribution is 0.400. The Balaban J connectivity index is 2.92. The molecular weight excluding hydrogens is 202 g/mol. The maximum atomic E-state index is 5.74. The number of anilines is 2. The van der Waals surface area contributed by atoms with E-state index in [1.807, 2.05) is 12.1 Å². The molecule has 2 N–H and O–H groups in total. The molecule has 0 bridgehead atoms. The van der Waals surface area contributed by atoms with Crippen LogP contribution in [0.3, 0.4) is 0 Å². The maximum Gasteiger partial charge on any atom is 0.238 e. The first-order valence-corrected chi connectivity index (χ1v) is 5.64. The van der Waals surface area contributed by atoms with Crippen LogP contribution < -0.4 is 15.4 Å². The second kappa shape index (κ2) is 5.58. The quantitative estimate of drug-likeness (QED) is 0.831. The first-order chi connectivity index (χ1) is 7.58. The zero-order chi connectivity index (χ0) is 12.1. The van der Waals surface area contributed by atoms with Crippen LogP contribution in [-0.4, -0.2) is 25.2 Å². The number of ether oxygens (including phenoxy) is 1. The molecule has 1 rings (SSSR count). The van der Waals surface area contributed by atoms with E-state index < -0.39 is 0 Å². The van der Waals surface area contributed by atoms with Crippen molar-refractivity contribution in [2.24, 2.45) is 5.92 Å². The first-order valence-electron chi connectivity index (χ1n) is 5.64. The van der Waals surface area contributed by atoms with Crippen molar-refractivity contribution in [2.45, 2.75) is 20.8 Å². The number of pyridine rings is 1. The van der Waals surface area contributed by atoms with Gasteiger partial charge in [-0.15, -0.1) is 0 Å². The normalized spacial score (nSPS) is 10.6. The average Bonchev–Trinajstić information content (AvgIpc) is 2.26. The first kappa shape index (κ1) is 12.6. The van der Waals surface area contributed by atoms with Gasteiger partial charge >= 0.3 is 0 Å². The molecule has 0 aliphatic heterocycles. The van der Waals surface area contributed by atoms with Gasteiger partial charge in [0.05, 0.1) is 12.8 Å². The van der Waals surface area contributed by atoms with Crippen molar-refractivity contribution in [3.63, 3.8) is 0 Å². The van der Waals surface area contributed by atoms with E-state index in [1.165, 1.54) is 0 Å². The summed E-state index contributed by atoms with van der Waals surface area (Å²) >= 11 is 0. The van der Waals surface area contributed by atoms with Gasteiger partial charge in [0.15, 0.2) is 0 Å². The fourth-order valence-corrected chi connectivity index (χ4v) is 1.61. The third-order valence-electron chi connectivity index (χ3n) is 2.36. The Kier molecular flexibility index (Phi) is 4.40. The molecule has 0 aliphatic carbocycles. The molecular formula is C12H21N3O. The zero-order valence-electron chi connectivity index (χ0n) is 10.5. The van der Waals surface area contributed by atoms with Gasteiger partial charge in [-0.05, 0) is 25.0 Å². The second-order valence-electron chi connectivity index (χ2n) is 4.20. The molecule has 0 saturated carbocycles. The highest BCUT2D eigenvalue weighted by Gasteiger charge is 2.10. The summed E-state index contributed by atoms with van der Waals surface area (Å²) in [6.45, 7) is 8.41. The number of nitrogens with two attached hydrogens (primary N) is 1. The van der Waals surface area contributed by atoms with Gasteiger partial charge in [-0.25, -0.2) is 0 Å². The predicted octanol–water partition coefficient (Wildman–Crippen LogP) is 2.15. The van der Waals surface area contributed by atoms with Gasteiger partial charge in [-0.3, -0.25) is 0 Å². The topological polar surface area (TPSA) is 51.4 Å². The second-order valence-corrected chi connectivity index (χ2v) is 4.20. The molecule has 0 fully saturated rings. The fraction of sp³-hybridized carbons (Fsp3) is 0.583. The molecule has 0 atom stereocenters. The van der Waals surface area contributed by atoms with Gasteiger partial charge in [0.1, 0.15) is 5.82 Å². The zero-order valence-corrected chi connectivity index (χ0v) is 10.5. The highest BCUT2D eigenvalue weighted by molar-refractivity contribution is 5.54. The number of nitrogens with zero attached hydrogens (tertiary/aromatic N) is 2. The van der Waals surface area contributed by atoms with Crippen LogP contribution in [0.2, 0.25) is 0 Å². The van der Waals surface area contributed by atoms with Crippen molar-refractivity contribution in [2.75, 3.05) is 30.8 Å². The van der Waals surface area contributed by atoms with Gasteiger partial charge in [0.25, 0.3) is 0 Å². The molecule has 1 aromatic heterocycles. The lowest BCUT2D eigenvalue weighted by atomic mass is 10.2. The number of hydrogen-bond acceptors (Lipinski definition) is 4. The summed E-state index contributed by atoms with van der Waals surface area (Å²) in [5.41, 5.74) is 6.31.